The van der Waals surface area contributed by atoms with Gasteiger partial charge in [-0.3, -0.25) is 9.78 Å². The van der Waals surface area contributed by atoms with Crippen molar-refractivity contribution in [1.29, 1.82) is 0 Å². The topological polar surface area (TPSA) is 75.1 Å². The number of carbonyl (C=O) groups excluding carboxylic acids is 1. The quantitative estimate of drug-likeness (QED) is 0.777. The van der Waals surface area contributed by atoms with Crippen molar-refractivity contribution in [3.8, 4) is 28.3 Å². The lowest BCUT2D eigenvalue weighted by Gasteiger charge is -2.07. The summed E-state index contributed by atoms with van der Waals surface area (Å²) in [6.45, 7) is 1.47. The number of anilines is 1. The van der Waals surface area contributed by atoms with E-state index in [0.717, 1.165) is 11.1 Å². The molecule has 0 fully saturated rings. The maximum absolute atomic E-state index is 11.2. The molecule has 0 unspecified atom stereocenters. The van der Waals surface area contributed by atoms with Gasteiger partial charge in [-0.25, -0.2) is 4.98 Å². The van der Waals surface area contributed by atoms with Crippen molar-refractivity contribution in [3.05, 3.63) is 60.9 Å². The minimum Gasteiger partial charge on any atom is -0.508 e. The molecule has 2 N–H and O–H groups in total. The number of hydrogen-bond acceptors (Lipinski definition) is 4. The molecule has 0 aliphatic carbocycles. The predicted molar refractivity (Wildman–Crippen MR) is 88.9 cm³/mol. The van der Waals surface area contributed by atoms with Gasteiger partial charge in [-0.1, -0.05) is 12.1 Å². The van der Waals surface area contributed by atoms with E-state index in [2.05, 4.69) is 15.3 Å². The zero-order valence-electron chi connectivity index (χ0n) is 12.5. The largest absolute Gasteiger partial charge is 0.508 e. The molecule has 3 aromatic rings. The van der Waals surface area contributed by atoms with E-state index >= 15 is 0 Å². The van der Waals surface area contributed by atoms with Gasteiger partial charge in [0.05, 0.1) is 23.8 Å². The molecule has 1 aromatic heterocycles. The first-order chi connectivity index (χ1) is 11.1. The predicted octanol–water partition coefficient (Wildman–Crippen LogP) is 3.47. The number of aromatic hydroxyl groups is 1. The lowest BCUT2D eigenvalue weighted by Crippen LogP contribution is -2.05. The van der Waals surface area contributed by atoms with Crippen LogP contribution in [0, 0.1) is 0 Å². The first kappa shape index (κ1) is 14.7. The van der Waals surface area contributed by atoms with Crippen molar-refractivity contribution >= 4 is 11.6 Å². The molecule has 0 radical (unpaired) electrons. The number of hydrogen-bond donors (Lipinski definition) is 2. The summed E-state index contributed by atoms with van der Waals surface area (Å²) in [5, 5.41) is 12.1. The fraction of sp³-hybridized carbons (Fsp3) is 0.0556. The highest BCUT2D eigenvalue weighted by Gasteiger charge is 2.06. The zero-order valence-corrected chi connectivity index (χ0v) is 12.5. The number of nitrogens with zero attached hydrogens (tertiary/aromatic N) is 2. The summed E-state index contributed by atoms with van der Waals surface area (Å²) in [5.74, 6) is 0.0898. The molecular weight excluding hydrogens is 290 g/mol. The highest BCUT2D eigenvalue weighted by molar-refractivity contribution is 5.89. The second-order valence-corrected chi connectivity index (χ2v) is 5.10. The molecule has 0 atom stereocenters. The summed E-state index contributed by atoms with van der Waals surface area (Å²) in [4.78, 5) is 20.0. The van der Waals surface area contributed by atoms with Gasteiger partial charge in [0.25, 0.3) is 0 Å². The number of carbonyl (C=O) groups is 1. The highest BCUT2D eigenvalue weighted by atomic mass is 16.3. The molecule has 1 heterocycles. The van der Waals surface area contributed by atoms with Crippen LogP contribution in [0.2, 0.25) is 0 Å². The van der Waals surface area contributed by atoms with Crippen LogP contribution >= 0.6 is 0 Å². The summed E-state index contributed by atoms with van der Waals surface area (Å²) in [7, 11) is 0. The van der Waals surface area contributed by atoms with Gasteiger partial charge < -0.3 is 10.4 Å². The Morgan fingerprint density at radius 2 is 1.70 bits per heavy atom. The third-order valence-corrected chi connectivity index (χ3v) is 3.28. The summed E-state index contributed by atoms with van der Waals surface area (Å²) in [6.07, 6.45) is 3.35. The second kappa shape index (κ2) is 6.27. The van der Waals surface area contributed by atoms with Gasteiger partial charge in [0, 0.05) is 23.7 Å². The van der Waals surface area contributed by atoms with Gasteiger partial charge in [0.2, 0.25) is 5.91 Å². The summed E-state index contributed by atoms with van der Waals surface area (Å²) in [5.41, 5.74) is 3.88. The molecule has 3 rings (SSSR count). The van der Waals surface area contributed by atoms with Crippen LogP contribution in [0.1, 0.15) is 6.92 Å². The molecule has 114 valence electrons. The van der Waals surface area contributed by atoms with Crippen LogP contribution in [0.4, 0.5) is 5.69 Å². The summed E-state index contributed by atoms with van der Waals surface area (Å²) < 4.78 is 0. The SMILES string of the molecule is CC(=O)Nc1cccc(-c2cncc(-c3ccc(O)cc3)n2)c1. The normalized spacial score (nSPS) is 10.3. The van der Waals surface area contributed by atoms with E-state index in [-0.39, 0.29) is 11.7 Å². The summed E-state index contributed by atoms with van der Waals surface area (Å²) in [6, 6.07) is 14.2. The molecular formula is C18H15N3O2. The monoisotopic (exact) mass is 305 g/mol. The molecule has 0 bridgehead atoms. The van der Waals surface area contributed by atoms with E-state index in [1.807, 2.05) is 24.3 Å². The molecule has 0 spiro atoms. The number of phenols is 1. The van der Waals surface area contributed by atoms with E-state index in [1.165, 1.54) is 6.92 Å². The maximum atomic E-state index is 11.2. The molecule has 1 amide bonds. The lowest BCUT2D eigenvalue weighted by atomic mass is 10.1. The van der Waals surface area contributed by atoms with Crippen LogP contribution in [0.25, 0.3) is 22.5 Å². The third-order valence-electron chi connectivity index (χ3n) is 3.28. The molecule has 0 saturated heterocycles. The number of aromatic nitrogens is 2. The van der Waals surface area contributed by atoms with Gasteiger partial charge in [-0.05, 0) is 36.4 Å². The Hall–Kier alpha value is -3.21. The van der Waals surface area contributed by atoms with E-state index in [9.17, 15) is 9.90 Å². The van der Waals surface area contributed by atoms with E-state index in [4.69, 9.17) is 0 Å². The van der Waals surface area contributed by atoms with Crippen molar-refractivity contribution < 1.29 is 9.90 Å². The lowest BCUT2D eigenvalue weighted by molar-refractivity contribution is -0.114. The van der Waals surface area contributed by atoms with Crippen molar-refractivity contribution in [1.82, 2.24) is 9.97 Å². The van der Waals surface area contributed by atoms with Crippen LogP contribution in [0.5, 0.6) is 5.75 Å². The smallest absolute Gasteiger partial charge is 0.221 e. The van der Waals surface area contributed by atoms with Crippen LogP contribution < -0.4 is 5.32 Å². The fourth-order valence-corrected chi connectivity index (χ4v) is 2.24. The first-order valence-electron chi connectivity index (χ1n) is 7.11. The molecule has 0 aliphatic heterocycles. The highest BCUT2D eigenvalue weighted by Crippen LogP contribution is 2.24. The number of phenolic OH excluding ortho intramolecular Hbond substituents is 1. The number of benzene rings is 2. The van der Waals surface area contributed by atoms with Gasteiger partial charge in [-0.2, -0.15) is 0 Å². The zero-order chi connectivity index (χ0) is 16.2. The third kappa shape index (κ3) is 3.52. The van der Waals surface area contributed by atoms with Gasteiger partial charge in [-0.15, -0.1) is 0 Å². The Bertz CT molecular complexity index is 845. The second-order valence-electron chi connectivity index (χ2n) is 5.10. The van der Waals surface area contributed by atoms with E-state index in [0.29, 0.717) is 17.1 Å². The number of rotatable bonds is 3. The van der Waals surface area contributed by atoms with Crippen molar-refractivity contribution in [2.75, 3.05) is 5.32 Å². The average molecular weight is 305 g/mol. The molecule has 2 aromatic carbocycles. The Kier molecular flexibility index (Phi) is 4.01. The molecule has 23 heavy (non-hydrogen) atoms. The van der Waals surface area contributed by atoms with Crippen LogP contribution in [-0.4, -0.2) is 21.0 Å². The Labute approximate surface area is 133 Å². The van der Waals surface area contributed by atoms with E-state index < -0.39 is 0 Å². The minimum absolute atomic E-state index is 0.119. The molecule has 0 saturated carbocycles. The van der Waals surface area contributed by atoms with Crippen LogP contribution in [-0.2, 0) is 4.79 Å². The standard InChI is InChI=1S/C18H15N3O2/c1-12(22)20-15-4-2-3-14(9-15)18-11-19-10-17(21-18)13-5-7-16(23)8-6-13/h2-11,23H,1H3,(H,20,22). The molecule has 5 heteroatoms. The summed E-state index contributed by atoms with van der Waals surface area (Å²) >= 11 is 0. The van der Waals surface area contributed by atoms with Crippen LogP contribution in [0.15, 0.2) is 60.9 Å². The number of amides is 1. The average Bonchev–Trinajstić information content (AvgIpc) is 2.55. The van der Waals surface area contributed by atoms with Crippen LogP contribution in [0.3, 0.4) is 0 Å². The fourth-order valence-electron chi connectivity index (χ4n) is 2.24. The molecule has 5 nitrogen and oxygen atoms in total. The van der Waals surface area contributed by atoms with Gasteiger partial charge in [0.15, 0.2) is 0 Å². The van der Waals surface area contributed by atoms with Gasteiger partial charge in [0.1, 0.15) is 5.75 Å². The van der Waals surface area contributed by atoms with Gasteiger partial charge >= 0.3 is 0 Å². The Morgan fingerprint density at radius 1 is 1.00 bits per heavy atom. The Morgan fingerprint density at radius 3 is 2.39 bits per heavy atom. The van der Waals surface area contributed by atoms with Crippen molar-refractivity contribution in [2.24, 2.45) is 0 Å². The van der Waals surface area contributed by atoms with Crippen molar-refractivity contribution in [3.63, 3.8) is 0 Å². The first-order valence-corrected chi connectivity index (χ1v) is 7.11. The number of nitrogens with one attached hydrogen (secondary N) is 1. The minimum atomic E-state index is -0.119. The van der Waals surface area contributed by atoms with E-state index in [1.54, 1.807) is 36.7 Å². The Balaban J connectivity index is 1.96. The van der Waals surface area contributed by atoms with Crippen molar-refractivity contribution in [2.45, 2.75) is 6.92 Å². The maximum Gasteiger partial charge on any atom is 0.221 e. The molecule has 0 aliphatic rings.